The van der Waals surface area contributed by atoms with Crippen molar-refractivity contribution in [1.29, 1.82) is 0 Å². The third-order valence-corrected chi connectivity index (χ3v) is 12.1. The topological polar surface area (TPSA) is 113 Å². The lowest BCUT2D eigenvalue weighted by molar-refractivity contribution is -0.135. The van der Waals surface area contributed by atoms with Crippen LogP contribution in [0.15, 0.2) is 151 Å². The number of fused-ring (bicyclic) bond motifs is 4. The summed E-state index contributed by atoms with van der Waals surface area (Å²) in [5.41, 5.74) is 3.53. The predicted octanol–water partition coefficient (Wildman–Crippen LogP) is 8.17. The molecule has 5 aromatic rings. The van der Waals surface area contributed by atoms with E-state index >= 15 is 9.59 Å². The van der Waals surface area contributed by atoms with E-state index in [1.165, 1.54) is 18.1 Å². The van der Waals surface area contributed by atoms with Gasteiger partial charge in [0, 0.05) is 34.3 Å². The Bertz CT molecular complexity index is 2410. The van der Waals surface area contributed by atoms with Crippen LogP contribution in [-0.2, 0) is 24.6 Å². The summed E-state index contributed by atoms with van der Waals surface area (Å²) in [6.45, 7) is 0. The summed E-state index contributed by atoms with van der Waals surface area (Å²) >= 11 is 0. The minimum atomic E-state index is -1.46. The zero-order valence-electron chi connectivity index (χ0n) is 30.1. The van der Waals surface area contributed by atoms with Crippen molar-refractivity contribution in [1.82, 2.24) is 0 Å². The third kappa shape index (κ3) is 5.27. The van der Waals surface area contributed by atoms with Crippen molar-refractivity contribution in [3.63, 3.8) is 0 Å². The van der Waals surface area contributed by atoms with Gasteiger partial charge in [0.2, 0.25) is 11.8 Å². The van der Waals surface area contributed by atoms with E-state index in [4.69, 9.17) is 4.74 Å². The number of amides is 2. The van der Waals surface area contributed by atoms with E-state index in [2.05, 4.69) is 5.32 Å². The first-order valence-electron chi connectivity index (χ1n) is 18.6. The number of nitrogens with one attached hydrogen (secondary N) is 1. The van der Waals surface area contributed by atoms with Gasteiger partial charge in [-0.3, -0.25) is 24.1 Å². The quantitative estimate of drug-likeness (QED) is 0.129. The molecule has 1 saturated carbocycles. The highest BCUT2D eigenvalue weighted by molar-refractivity contribution is 6.32. The number of imide groups is 1. The number of anilines is 3. The van der Waals surface area contributed by atoms with Crippen LogP contribution in [0.2, 0.25) is 0 Å². The van der Waals surface area contributed by atoms with E-state index in [0.717, 1.165) is 16.9 Å². The van der Waals surface area contributed by atoms with E-state index in [1.54, 1.807) is 30.3 Å². The molecule has 0 radical (unpaired) electrons. The monoisotopic (exact) mass is 726 g/mol. The van der Waals surface area contributed by atoms with Gasteiger partial charge in [-0.15, -0.1) is 0 Å². The number of rotatable bonds is 7. The minimum Gasteiger partial charge on any atom is -0.504 e. The number of benzene rings is 5. The SMILES string of the molecule is COc1cccc([C@H]2C3=CC[C@@H]4C(=O)N(c5ccc(Nc6ccccc6)cc5)C(=O)[C@@H]4[C@@H]3C[C@H]3C(=O)C(c4ccccc4)=CC(=O)[C@@]23c2ccccc2)c1O. The molecule has 6 atom stereocenters. The number of nitrogens with zero attached hydrogens (tertiary/aromatic N) is 1. The first-order chi connectivity index (χ1) is 26.8. The number of hydrogen-bond donors (Lipinski definition) is 2. The summed E-state index contributed by atoms with van der Waals surface area (Å²) in [4.78, 5) is 60.7. The molecule has 2 amide bonds. The summed E-state index contributed by atoms with van der Waals surface area (Å²) < 4.78 is 5.57. The maximum atomic E-state index is 15.2. The highest BCUT2D eigenvalue weighted by atomic mass is 16.5. The first kappa shape index (κ1) is 34.2. The van der Waals surface area contributed by atoms with Crippen LogP contribution < -0.4 is 15.0 Å². The van der Waals surface area contributed by atoms with Gasteiger partial charge in [0.15, 0.2) is 23.1 Å². The summed E-state index contributed by atoms with van der Waals surface area (Å²) in [6.07, 6.45) is 3.91. The van der Waals surface area contributed by atoms with Crippen LogP contribution in [0.5, 0.6) is 11.5 Å². The average Bonchev–Trinajstić information content (AvgIpc) is 3.48. The van der Waals surface area contributed by atoms with Gasteiger partial charge in [0.05, 0.1) is 30.0 Å². The average molecular weight is 727 g/mol. The number of phenolic OH excluding ortho intramolecular Hbond substituents is 1. The summed E-state index contributed by atoms with van der Waals surface area (Å²) in [5.74, 6) is -4.73. The molecule has 0 spiro atoms. The lowest BCUT2D eigenvalue weighted by Gasteiger charge is -2.55. The predicted molar refractivity (Wildman–Crippen MR) is 210 cm³/mol. The van der Waals surface area contributed by atoms with Crippen LogP contribution >= 0.6 is 0 Å². The third-order valence-electron chi connectivity index (χ3n) is 12.1. The Labute approximate surface area is 318 Å². The number of para-hydroxylation sites is 2. The molecule has 272 valence electrons. The summed E-state index contributed by atoms with van der Waals surface area (Å²) in [5, 5.41) is 15.2. The molecule has 8 nitrogen and oxygen atoms in total. The Kier molecular flexibility index (Phi) is 8.34. The summed E-state index contributed by atoms with van der Waals surface area (Å²) in [6, 6.07) is 40.6. The normalized spacial score (nSPS) is 25.7. The number of ether oxygens (including phenoxy) is 1. The molecule has 3 aliphatic carbocycles. The van der Waals surface area contributed by atoms with E-state index in [1.807, 2.05) is 109 Å². The highest BCUT2D eigenvalue weighted by Gasteiger charge is 2.66. The molecule has 1 heterocycles. The maximum Gasteiger partial charge on any atom is 0.238 e. The van der Waals surface area contributed by atoms with Gasteiger partial charge in [0.1, 0.15) is 0 Å². The van der Waals surface area contributed by atoms with Crippen LogP contribution in [0.3, 0.4) is 0 Å². The van der Waals surface area contributed by atoms with Crippen molar-refractivity contribution in [2.45, 2.75) is 24.2 Å². The Morgan fingerprint density at radius 2 is 1.38 bits per heavy atom. The second kappa shape index (κ2) is 13.4. The molecule has 9 rings (SSSR count). The fourth-order valence-electron chi connectivity index (χ4n) is 9.79. The van der Waals surface area contributed by atoms with E-state index in [-0.39, 0.29) is 47.7 Å². The van der Waals surface area contributed by atoms with Crippen molar-refractivity contribution in [3.8, 4) is 11.5 Å². The van der Waals surface area contributed by atoms with Crippen LogP contribution in [0.1, 0.15) is 35.4 Å². The smallest absolute Gasteiger partial charge is 0.238 e. The lowest BCUT2D eigenvalue weighted by Crippen LogP contribution is -2.58. The Morgan fingerprint density at radius 1 is 0.727 bits per heavy atom. The number of Topliss-reactive ketones (excluding diaryl/α,β-unsaturated/α-hetero) is 1. The maximum absolute atomic E-state index is 15.2. The second-order valence-electron chi connectivity index (χ2n) is 14.7. The van der Waals surface area contributed by atoms with Crippen LogP contribution in [0.25, 0.3) is 5.57 Å². The van der Waals surface area contributed by atoms with E-state index in [9.17, 15) is 14.7 Å². The van der Waals surface area contributed by atoms with Crippen LogP contribution in [0.4, 0.5) is 17.1 Å². The van der Waals surface area contributed by atoms with E-state index < -0.39 is 35.0 Å². The molecular formula is C47H38N2O6. The molecule has 0 bridgehead atoms. The number of aromatic hydroxyl groups is 1. The number of carbonyl (C=O) groups is 4. The molecule has 1 saturated heterocycles. The Balaban J connectivity index is 1.19. The molecule has 4 aliphatic rings. The molecule has 8 heteroatoms. The van der Waals surface area contributed by atoms with Gasteiger partial charge < -0.3 is 15.2 Å². The Morgan fingerprint density at radius 3 is 2.07 bits per heavy atom. The molecule has 2 N–H and O–H groups in total. The standard InChI is InChI=1S/C47H38N2O6/c1-55-39-19-11-18-35(44(39)52)42-33-24-25-34-41(46(54)49(45(34)53)32-22-20-31(21-23-32)48-30-16-9-4-10-17-30)37(33)26-38-43(51)36(28-12-5-2-6-13-28)27-40(50)47(38,42)29-14-7-3-8-15-29/h2-24,27,34,37-38,41-42,48,52H,25-26H2,1H3/t34-,37+,38-,41-,42+,47-/m0/s1. The molecule has 5 aromatic carbocycles. The summed E-state index contributed by atoms with van der Waals surface area (Å²) in [7, 11) is 1.47. The molecule has 55 heavy (non-hydrogen) atoms. The van der Waals surface area contributed by atoms with Gasteiger partial charge in [-0.2, -0.15) is 0 Å². The second-order valence-corrected chi connectivity index (χ2v) is 14.7. The lowest BCUT2D eigenvalue weighted by atomic mass is 9.44. The number of phenols is 1. The van der Waals surface area contributed by atoms with Crippen molar-refractivity contribution in [3.05, 3.63) is 168 Å². The van der Waals surface area contributed by atoms with Crippen molar-refractivity contribution in [2.75, 3.05) is 17.3 Å². The van der Waals surface area contributed by atoms with Crippen molar-refractivity contribution >= 4 is 46.0 Å². The number of carbonyl (C=O) groups excluding carboxylic acids is 4. The van der Waals surface area contributed by atoms with Crippen molar-refractivity contribution < 1.29 is 29.0 Å². The van der Waals surface area contributed by atoms with Gasteiger partial charge in [-0.1, -0.05) is 103 Å². The molecule has 1 aliphatic heterocycles. The number of hydrogen-bond acceptors (Lipinski definition) is 7. The number of allylic oxidation sites excluding steroid dienone is 4. The number of ketones is 2. The van der Waals surface area contributed by atoms with Crippen molar-refractivity contribution in [2.24, 2.45) is 23.7 Å². The molecule has 0 aromatic heterocycles. The van der Waals surface area contributed by atoms with Gasteiger partial charge in [0.25, 0.3) is 0 Å². The fraction of sp³-hybridized carbons (Fsp3) is 0.191. The van der Waals surface area contributed by atoms with E-state index in [0.29, 0.717) is 28.0 Å². The fourth-order valence-corrected chi connectivity index (χ4v) is 9.79. The number of methoxy groups -OCH3 is 1. The minimum absolute atomic E-state index is 0.134. The largest absolute Gasteiger partial charge is 0.504 e. The van der Waals surface area contributed by atoms with Gasteiger partial charge in [-0.05, 0) is 78.4 Å². The van der Waals surface area contributed by atoms with Gasteiger partial charge >= 0.3 is 0 Å². The molecular weight excluding hydrogens is 689 g/mol. The molecule has 0 unspecified atom stereocenters. The van der Waals surface area contributed by atoms with Gasteiger partial charge in [-0.25, -0.2) is 0 Å². The molecule has 2 fully saturated rings. The van der Waals surface area contributed by atoms with Crippen LogP contribution in [0, 0.1) is 23.7 Å². The zero-order chi connectivity index (χ0) is 37.8. The first-order valence-corrected chi connectivity index (χ1v) is 18.6. The zero-order valence-corrected chi connectivity index (χ0v) is 30.1. The Hall–Kier alpha value is -6.54. The highest BCUT2D eigenvalue weighted by Crippen LogP contribution is 2.65. The van der Waals surface area contributed by atoms with Crippen LogP contribution in [-0.4, -0.2) is 35.6 Å².